The SMILES string of the molecule is CCCCN1CCC(NC(=NC)NCCCc2nnc3n2CCCCC3)CC1.I. The van der Waals surface area contributed by atoms with Gasteiger partial charge in [-0.05, 0) is 45.1 Å². The summed E-state index contributed by atoms with van der Waals surface area (Å²) in [5, 5.41) is 15.9. The van der Waals surface area contributed by atoms with E-state index in [0.717, 1.165) is 44.1 Å². The largest absolute Gasteiger partial charge is 0.356 e. The number of aliphatic imine (C=N–C) groups is 1. The third-order valence-electron chi connectivity index (χ3n) is 6.04. The van der Waals surface area contributed by atoms with Gasteiger partial charge in [0.25, 0.3) is 0 Å². The second-order valence-corrected chi connectivity index (χ2v) is 8.21. The number of rotatable bonds is 8. The molecule has 1 fully saturated rings. The summed E-state index contributed by atoms with van der Waals surface area (Å²) < 4.78 is 2.35. The summed E-state index contributed by atoms with van der Waals surface area (Å²) in [5.74, 6) is 3.27. The second kappa shape index (κ2) is 13.4. The van der Waals surface area contributed by atoms with Gasteiger partial charge in [0.1, 0.15) is 11.6 Å². The van der Waals surface area contributed by atoms with E-state index in [-0.39, 0.29) is 24.0 Å². The summed E-state index contributed by atoms with van der Waals surface area (Å²) in [6.07, 6.45) is 11.9. The molecule has 0 unspecified atom stereocenters. The number of piperidine rings is 1. The molecule has 3 rings (SSSR count). The van der Waals surface area contributed by atoms with Gasteiger partial charge in [0, 0.05) is 52.1 Å². The first kappa shape index (κ1) is 24.4. The average molecular weight is 518 g/mol. The van der Waals surface area contributed by atoms with Gasteiger partial charge < -0.3 is 20.1 Å². The number of unbranched alkanes of at least 4 members (excludes halogenated alkanes) is 1. The zero-order valence-corrected chi connectivity index (χ0v) is 20.7. The lowest BCUT2D eigenvalue weighted by atomic mass is 10.0. The van der Waals surface area contributed by atoms with Crippen LogP contribution in [0.3, 0.4) is 0 Å². The molecule has 0 aromatic carbocycles. The number of hydrogen-bond acceptors (Lipinski definition) is 4. The van der Waals surface area contributed by atoms with Crippen LogP contribution < -0.4 is 10.6 Å². The Hall–Kier alpha value is -0.900. The molecule has 2 aliphatic rings. The molecular weight excluding hydrogens is 477 g/mol. The summed E-state index contributed by atoms with van der Waals surface area (Å²) in [4.78, 5) is 7.01. The van der Waals surface area contributed by atoms with Gasteiger partial charge in [0.05, 0.1) is 0 Å². The predicted octanol–water partition coefficient (Wildman–Crippen LogP) is 2.98. The van der Waals surface area contributed by atoms with Crippen LogP contribution in [-0.4, -0.2) is 64.9 Å². The molecule has 1 aromatic rings. The molecule has 1 aromatic heterocycles. The Balaban J connectivity index is 0.00000300. The molecule has 8 heteroatoms. The van der Waals surface area contributed by atoms with E-state index < -0.39 is 0 Å². The number of guanidine groups is 1. The fourth-order valence-corrected chi connectivity index (χ4v) is 4.25. The number of fused-ring (bicyclic) bond motifs is 1. The Morgan fingerprint density at radius 2 is 1.93 bits per heavy atom. The number of likely N-dealkylation sites (tertiary alicyclic amines) is 1. The van der Waals surface area contributed by atoms with E-state index in [1.54, 1.807) is 0 Å². The molecule has 2 N–H and O–H groups in total. The topological polar surface area (TPSA) is 70.4 Å². The van der Waals surface area contributed by atoms with E-state index in [0.29, 0.717) is 6.04 Å². The normalized spacial score (nSPS) is 18.6. The monoisotopic (exact) mass is 517 g/mol. The van der Waals surface area contributed by atoms with Gasteiger partial charge in [-0.15, -0.1) is 34.2 Å². The predicted molar refractivity (Wildman–Crippen MR) is 130 cm³/mol. The van der Waals surface area contributed by atoms with Crippen molar-refractivity contribution in [2.45, 2.75) is 83.7 Å². The van der Waals surface area contributed by atoms with Crippen LogP contribution in [-0.2, 0) is 19.4 Å². The van der Waals surface area contributed by atoms with Crippen LogP contribution in [0.25, 0.3) is 0 Å². The van der Waals surface area contributed by atoms with Crippen LogP contribution in [0.5, 0.6) is 0 Å². The lowest BCUT2D eigenvalue weighted by Gasteiger charge is -2.33. The van der Waals surface area contributed by atoms with Crippen molar-refractivity contribution in [2.24, 2.45) is 4.99 Å². The zero-order chi connectivity index (χ0) is 19.6. The number of aryl methyl sites for hydroxylation is 2. The average Bonchev–Trinajstić information content (AvgIpc) is 2.95. The van der Waals surface area contributed by atoms with Crippen molar-refractivity contribution in [1.29, 1.82) is 0 Å². The minimum atomic E-state index is 0. The Morgan fingerprint density at radius 1 is 1.10 bits per heavy atom. The van der Waals surface area contributed by atoms with E-state index in [4.69, 9.17) is 0 Å². The van der Waals surface area contributed by atoms with Gasteiger partial charge in [-0.2, -0.15) is 0 Å². The third-order valence-corrected chi connectivity index (χ3v) is 6.04. The Labute approximate surface area is 193 Å². The lowest BCUT2D eigenvalue weighted by Crippen LogP contribution is -2.49. The van der Waals surface area contributed by atoms with Crippen molar-refractivity contribution in [2.75, 3.05) is 33.2 Å². The smallest absolute Gasteiger partial charge is 0.191 e. The minimum Gasteiger partial charge on any atom is -0.356 e. The van der Waals surface area contributed by atoms with Crippen molar-refractivity contribution in [1.82, 2.24) is 30.3 Å². The number of aromatic nitrogens is 3. The fourth-order valence-electron chi connectivity index (χ4n) is 4.25. The minimum absolute atomic E-state index is 0. The first-order chi connectivity index (χ1) is 13.8. The van der Waals surface area contributed by atoms with Gasteiger partial charge in [-0.3, -0.25) is 4.99 Å². The molecule has 0 aliphatic carbocycles. The van der Waals surface area contributed by atoms with E-state index >= 15 is 0 Å². The number of halogens is 1. The van der Waals surface area contributed by atoms with Crippen LogP contribution in [0.1, 0.15) is 69.9 Å². The summed E-state index contributed by atoms with van der Waals surface area (Å²) in [6, 6.07) is 0.538. The Morgan fingerprint density at radius 3 is 2.69 bits per heavy atom. The van der Waals surface area contributed by atoms with Gasteiger partial charge >= 0.3 is 0 Å². The van der Waals surface area contributed by atoms with Crippen molar-refractivity contribution in [3.63, 3.8) is 0 Å². The van der Waals surface area contributed by atoms with E-state index in [1.807, 2.05) is 7.05 Å². The first-order valence-corrected chi connectivity index (χ1v) is 11.4. The van der Waals surface area contributed by atoms with Crippen LogP contribution in [0.15, 0.2) is 4.99 Å². The molecule has 29 heavy (non-hydrogen) atoms. The number of hydrogen-bond donors (Lipinski definition) is 2. The van der Waals surface area contributed by atoms with Gasteiger partial charge in [0.2, 0.25) is 0 Å². The molecule has 0 saturated carbocycles. The van der Waals surface area contributed by atoms with Crippen LogP contribution in [0.4, 0.5) is 0 Å². The third kappa shape index (κ3) is 7.70. The van der Waals surface area contributed by atoms with Crippen LogP contribution >= 0.6 is 24.0 Å². The van der Waals surface area contributed by atoms with Crippen molar-refractivity contribution in [3.8, 4) is 0 Å². The van der Waals surface area contributed by atoms with Gasteiger partial charge in [-0.1, -0.05) is 19.8 Å². The maximum Gasteiger partial charge on any atom is 0.191 e. The molecular formula is C21H40IN7. The summed E-state index contributed by atoms with van der Waals surface area (Å²) in [7, 11) is 1.87. The number of nitrogens with zero attached hydrogens (tertiary/aromatic N) is 5. The van der Waals surface area contributed by atoms with Crippen LogP contribution in [0.2, 0.25) is 0 Å². The maximum absolute atomic E-state index is 4.43. The first-order valence-electron chi connectivity index (χ1n) is 11.4. The summed E-state index contributed by atoms with van der Waals surface area (Å²) in [5.41, 5.74) is 0. The van der Waals surface area contributed by atoms with E-state index in [9.17, 15) is 0 Å². The van der Waals surface area contributed by atoms with Crippen molar-refractivity contribution < 1.29 is 0 Å². The molecule has 0 spiro atoms. The highest BCUT2D eigenvalue weighted by atomic mass is 127. The second-order valence-electron chi connectivity index (χ2n) is 8.21. The van der Waals surface area contributed by atoms with Gasteiger partial charge in [-0.25, -0.2) is 0 Å². The molecule has 166 valence electrons. The standard InChI is InChI=1S/C21H39N7.HI/c1-3-4-14-27-16-11-18(12-17-27)24-21(22-2)23-13-8-10-20-26-25-19-9-6-5-7-15-28(19)20;/h18H,3-17H2,1-2H3,(H2,22,23,24);1H. The summed E-state index contributed by atoms with van der Waals surface area (Å²) >= 11 is 0. The van der Waals surface area contributed by atoms with Crippen molar-refractivity contribution in [3.05, 3.63) is 11.6 Å². The Bertz CT molecular complexity index is 608. The molecule has 7 nitrogen and oxygen atoms in total. The Kier molecular flexibility index (Phi) is 11.3. The van der Waals surface area contributed by atoms with Crippen molar-refractivity contribution >= 4 is 29.9 Å². The molecule has 0 amide bonds. The lowest BCUT2D eigenvalue weighted by molar-refractivity contribution is 0.203. The highest BCUT2D eigenvalue weighted by Crippen LogP contribution is 2.15. The maximum atomic E-state index is 4.43. The molecule has 0 atom stereocenters. The van der Waals surface area contributed by atoms with E-state index in [1.165, 1.54) is 70.4 Å². The molecule has 3 heterocycles. The highest BCUT2D eigenvalue weighted by molar-refractivity contribution is 14.0. The zero-order valence-electron chi connectivity index (χ0n) is 18.3. The van der Waals surface area contributed by atoms with E-state index in [2.05, 4.69) is 42.2 Å². The molecule has 1 saturated heterocycles. The quantitative estimate of drug-likeness (QED) is 0.240. The number of nitrogens with one attached hydrogen (secondary N) is 2. The highest BCUT2D eigenvalue weighted by Gasteiger charge is 2.19. The van der Waals surface area contributed by atoms with Crippen LogP contribution in [0, 0.1) is 0 Å². The van der Waals surface area contributed by atoms with Gasteiger partial charge in [0.15, 0.2) is 5.96 Å². The fraction of sp³-hybridized carbons (Fsp3) is 0.857. The summed E-state index contributed by atoms with van der Waals surface area (Å²) in [6.45, 7) is 7.92. The molecule has 2 aliphatic heterocycles. The molecule has 0 bridgehead atoms. The molecule has 0 radical (unpaired) electrons.